The van der Waals surface area contributed by atoms with Gasteiger partial charge >= 0.3 is 0 Å². The predicted molar refractivity (Wildman–Crippen MR) is 76.5 cm³/mol. The number of benzene rings is 1. The Kier molecular flexibility index (Phi) is 4.14. The fraction of sp³-hybridized carbons (Fsp3) is 0.500. The first kappa shape index (κ1) is 13.5. The molecule has 5 nitrogen and oxygen atoms in total. The average Bonchev–Trinajstić information content (AvgIpc) is 2.90. The summed E-state index contributed by atoms with van der Waals surface area (Å²) in [6, 6.07) is 5.60. The summed E-state index contributed by atoms with van der Waals surface area (Å²) in [5, 5.41) is 2.72. The summed E-state index contributed by atoms with van der Waals surface area (Å²) in [7, 11) is 1.67. The van der Waals surface area contributed by atoms with Gasteiger partial charge in [0, 0.05) is 25.3 Å². The van der Waals surface area contributed by atoms with Crippen molar-refractivity contribution in [2.45, 2.75) is 25.8 Å². The van der Waals surface area contributed by atoms with E-state index in [2.05, 4.69) is 10.2 Å². The number of rotatable bonds is 4. The number of likely N-dealkylation sites (N-methyl/N-ethyl adjacent to an activating group) is 1. The second kappa shape index (κ2) is 5.82. The van der Waals surface area contributed by atoms with E-state index in [-0.39, 0.29) is 11.9 Å². The number of nitrogens with zero attached hydrogens (tertiary/aromatic N) is 1. The van der Waals surface area contributed by atoms with Gasteiger partial charge in [-0.25, -0.2) is 0 Å². The van der Waals surface area contributed by atoms with Crippen molar-refractivity contribution in [3.8, 4) is 5.75 Å². The van der Waals surface area contributed by atoms with Crippen molar-refractivity contribution in [1.82, 2.24) is 5.32 Å². The third kappa shape index (κ3) is 2.75. The lowest BCUT2D eigenvalue weighted by molar-refractivity contribution is -0.121. The Morgan fingerprint density at radius 3 is 3.05 bits per heavy atom. The topological polar surface area (TPSA) is 67.6 Å². The van der Waals surface area contributed by atoms with Crippen LogP contribution in [0.4, 0.5) is 11.4 Å². The van der Waals surface area contributed by atoms with Crippen LogP contribution in [0.15, 0.2) is 18.2 Å². The minimum Gasteiger partial charge on any atom is -0.492 e. The third-order valence-electron chi connectivity index (χ3n) is 3.43. The van der Waals surface area contributed by atoms with Gasteiger partial charge in [0.25, 0.3) is 0 Å². The van der Waals surface area contributed by atoms with Gasteiger partial charge in [-0.1, -0.05) is 0 Å². The quantitative estimate of drug-likeness (QED) is 0.805. The number of nitrogens with one attached hydrogen (secondary N) is 1. The highest BCUT2D eigenvalue weighted by Crippen LogP contribution is 2.32. The highest BCUT2D eigenvalue weighted by molar-refractivity contribution is 5.86. The van der Waals surface area contributed by atoms with Crippen molar-refractivity contribution in [2.75, 3.05) is 30.8 Å². The highest BCUT2D eigenvalue weighted by atomic mass is 16.5. The van der Waals surface area contributed by atoms with Crippen LogP contribution < -0.4 is 20.7 Å². The van der Waals surface area contributed by atoms with Crippen LogP contribution in [0.2, 0.25) is 0 Å². The Morgan fingerprint density at radius 2 is 2.37 bits per heavy atom. The zero-order valence-electron chi connectivity index (χ0n) is 11.5. The summed E-state index contributed by atoms with van der Waals surface area (Å²) in [4.78, 5) is 14.0. The van der Waals surface area contributed by atoms with Crippen molar-refractivity contribution in [1.29, 1.82) is 0 Å². The summed E-state index contributed by atoms with van der Waals surface area (Å²) in [5.41, 5.74) is 7.49. The maximum Gasteiger partial charge on any atom is 0.242 e. The molecule has 0 spiro atoms. The van der Waals surface area contributed by atoms with Gasteiger partial charge in [0.05, 0.1) is 12.3 Å². The predicted octanol–water partition coefficient (Wildman–Crippen LogP) is 1.38. The molecule has 5 heteroatoms. The van der Waals surface area contributed by atoms with E-state index < -0.39 is 0 Å². The molecule has 1 aromatic rings. The number of hydrogen-bond acceptors (Lipinski definition) is 4. The molecule has 19 heavy (non-hydrogen) atoms. The molecule has 1 aliphatic rings. The van der Waals surface area contributed by atoms with Gasteiger partial charge in [0.15, 0.2) is 0 Å². The minimum absolute atomic E-state index is 0.0623. The number of anilines is 2. The zero-order valence-corrected chi connectivity index (χ0v) is 11.5. The molecule has 3 N–H and O–H groups in total. The van der Waals surface area contributed by atoms with E-state index >= 15 is 0 Å². The highest BCUT2D eigenvalue weighted by Gasteiger charge is 2.30. The van der Waals surface area contributed by atoms with E-state index in [1.165, 1.54) is 0 Å². The number of nitrogen functional groups attached to an aromatic ring is 1. The summed E-state index contributed by atoms with van der Waals surface area (Å²) in [5.74, 6) is 0.745. The molecule has 1 heterocycles. The first-order chi connectivity index (χ1) is 9.17. The molecule has 1 unspecified atom stereocenters. The molecular formula is C14H21N3O2. The lowest BCUT2D eigenvalue weighted by Crippen LogP contribution is -2.42. The summed E-state index contributed by atoms with van der Waals surface area (Å²) >= 11 is 0. The number of nitrogens with two attached hydrogens (primary N) is 1. The maximum absolute atomic E-state index is 11.9. The molecule has 1 fully saturated rings. The van der Waals surface area contributed by atoms with E-state index in [0.717, 1.165) is 25.1 Å². The van der Waals surface area contributed by atoms with Crippen LogP contribution in [-0.4, -0.2) is 32.1 Å². The van der Waals surface area contributed by atoms with E-state index in [0.29, 0.717) is 18.0 Å². The Bertz CT molecular complexity index is 462. The van der Waals surface area contributed by atoms with Crippen LogP contribution in [-0.2, 0) is 4.79 Å². The molecule has 1 atom stereocenters. The monoisotopic (exact) mass is 263 g/mol. The Balaban J connectivity index is 2.25. The number of ether oxygens (including phenoxy) is 1. The van der Waals surface area contributed by atoms with Gasteiger partial charge in [0.2, 0.25) is 5.91 Å². The molecule has 104 valence electrons. The van der Waals surface area contributed by atoms with E-state index in [4.69, 9.17) is 10.5 Å². The van der Waals surface area contributed by atoms with Gasteiger partial charge in [-0.15, -0.1) is 0 Å². The minimum atomic E-state index is -0.0944. The van der Waals surface area contributed by atoms with Crippen LogP contribution >= 0.6 is 0 Å². The summed E-state index contributed by atoms with van der Waals surface area (Å²) < 4.78 is 5.51. The second-order valence-electron chi connectivity index (χ2n) is 4.62. The third-order valence-corrected chi connectivity index (χ3v) is 3.43. The molecule has 0 saturated carbocycles. The Labute approximate surface area is 113 Å². The molecule has 0 aromatic heterocycles. The Hall–Kier alpha value is -1.91. The van der Waals surface area contributed by atoms with E-state index in [1.54, 1.807) is 7.05 Å². The van der Waals surface area contributed by atoms with Crippen molar-refractivity contribution >= 4 is 17.3 Å². The lowest BCUT2D eigenvalue weighted by atomic mass is 10.2. The van der Waals surface area contributed by atoms with Gasteiger partial charge in [-0.3, -0.25) is 4.79 Å². The van der Waals surface area contributed by atoms with Crippen molar-refractivity contribution in [3.63, 3.8) is 0 Å². The van der Waals surface area contributed by atoms with Gasteiger partial charge in [-0.05, 0) is 31.9 Å². The van der Waals surface area contributed by atoms with Crippen LogP contribution in [0.5, 0.6) is 5.75 Å². The normalized spacial score (nSPS) is 18.4. The molecule has 1 saturated heterocycles. The fourth-order valence-electron chi connectivity index (χ4n) is 2.50. The van der Waals surface area contributed by atoms with Crippen LogP contribution in [0.3, 0.4) is 0 Å². The number of hydrogen-bond donors (Lipinski definition) is 2. The molecule has 1 aromatic carbocycles. The summed E-state index contributed by atoms with van der Waals surface area (Å²) in [6.45, 7) is 3.38. The first-order valence-electron chi connectivity index (χ1n) is 6.68. The molecule has 2 rings (SSSR count). The second-order valence-corrected chi connectivity index (χ2v) is 4.62. The smallest absolute Gasteiger partial charge is 0.242 e. The van der Waals surface area contributed by atoms with Crippen LogP contribution in [0.1, 0.15) is 19.8 Å². The molecule has 1 aliphatic heterocycles. The van der Waals surface area contributed by atoms with Gasteiger partial charge < -0.3 is 20.7 Å². The van der Waals surface area contributed by atoms with E-state index in [9.17, 15) is 4.79 Å². The molecule has 0 bridgehead atoms. The molecule has 1 amide bonds. The van der Waals surface area contributed by atoms with Crippen LogP contribution in [0.25, 0.3) is 0 Å². The first-order valence-corrected chi connectivity index (χ1v) is 6.68. The molecule has 0 radical (unpaired) electrons. The fourth-order valence-corrected chi connectivity index (χ4v) is 2.50. The maximum atomic E-state index is 11.9. The van der Waals surface area contributed by atoms with Gasteiger partial charge in [-0.2, -0.15) is 0 Å². The molecular weight excluding hydrogens is 242 g/mol. The molecule has 0 aliphatic carbocycles. The standard InChI is InChI=1S/C14H21N3O2/c1-3-19-13-9-10(6-7-11(13)15)17-8-4-5-12(17)14(18)16-2/h6-7,9,12H,3-5,8,15H2,1-2H3,(H,16,18). The zero-order chi connectivity index (χ0) is 13.8. The van der Waals surface area contributed by atoms with Crippen LogP contribution in [0, 0.1) is 0 Å². The SMILES string of the molecule is CCOc1cc(N2CCCC2C(=O)NC)ccc1N. The summed E-state index contributed by atoms with van der Waals surface area (Å²) in [6.07, 6.45) is 1.90. The van der Waals surface area contributed by atoms with Crippen molar-refractivity contribution < 1.29 is 9.53 Å². The van der Waals surface area contributed by atoms with E-state index in [1.807, 2.05) is 25.1 Å². The lowest BCUT2D eigenvalue weighted by Gasteiger charge is -2.26. The average molecular weight is 263 g/mol. The number of amides is 1. The largest absolute Gasteiger partial charge is 0.492 e. The number of carbonyl (C=O) groups excluding carboxylic acids is 1. The Morgan fingerprint density at radius 1 is 1.58 bits per heavy atom. The van der Waals surface area contributed by atoms with Crippen molar-refractivity contribution in [2.24, 2.45) is 0 Å². The van der Waals surface area contributed by atoms with Gasteiger partial charge in [0.1, 0.15) is 11.8 Å². The number of carbonyl (C=O) groups is 1. The van der Waals surface area contributed by atoms with Crippen molar-refractivity contribution in [3.05, 3.63) is 18.2 Å².